The molecule has 0 fully saturated rings. The maximum Gasteiger partial charge on any atom is 0.183 e. The zero-order valence-corrected chi connectivity index (χ0v) is 7.41. The Morgan fingerprint density at radius 2 is 2.27 bits per heavy atom. The van der Waals surface area contributed by atoms with Crippen molar-refractivity contribution in [2.75, 3.05) is 0 Å². The highest BCUT2D eigenvalue weighted by atomic mass is 35.5. The monoisotopic (exact) mass is 211 g/mol. The van der Waals surface area contributed by atoms with Gasteiger partial charge in [-0.2, -0.15) is 4.37 Å². The van der Waals surface area contributed by atoms with Crippen LogP contribution in [0, 0.1) is 0 Å². The molecule has 4 nitrogen and oxygen atoms in total. The standard InChI is InChI=1S/C4H3Cl2N3OS/c5-1-2(4(7)8-10)11-9-3(1)6/h10H,(H2,7,8). The summed E-state index contributed by atoms with van der Waals surface area (Å²) in [4.78, 5) is 0.374. The van der Waals surface area contributed by atoms with Gasteiger partial charge in [-0.1, -0.05) is 28.4 Å². The highest BCUT2D eigenvalue weighted by molar-refractivity contribution is 7.09. The van der Waals surface area contributed by atoms with E-state index in [1.165, 1.54) is 0 Å². The average molecular weight is 212 g/mol. The van der Waals surface area contributed by atoms with Crippen LogP contribution in [-0.2, 0) is 0 Å². The zero-order valence-electron chi connectivity index (χ0n) is 5.08. The Bertz CT molecular complexity index is 298. The molecule has 1 aromatic heterocycles. The molecular formula is C4H3Cl2N3OS. The number of aromatic nitrogens is 1. The molecule has 0 aliphatic rings. The van der Waals surface area contributed by atoms with E-state index in [4.69, 9.17) is 34.1 Å². The molecule has 0 amide bonds. The molecule has 0 atom stereocenters. The molecule has 60 valence electrons. The number of nitrogens with zero attached hydrogens (tertiary/aromatic N) is 2. The zero-order chi connectivity index (χ0) is 8.43. The predicted molar refractivity (Wildman–Crippen MR) is 44.6 cm³/mol. The minimum absolute atomic E-state index is 0.0839. The van der Waals surface area contributed by atoms with Crippen LogP contribution < -0.4 is 5.73 Å². The van der Waals surface area contributed by atoms with E-state index in [0.717, 1.165) is 11.5 Å². The number of nitrogens with two attached hydrogens (primary N) is 1. The third-order valence-electron chi connectivity index (χ3n) is 0.938. The summed E-state index contributed by atoms with van der Waals surface area (Å²) in [5, 5.41) is 11.4. The van der Waals surface area contributed by atoms with Crippen LogP contribution in [0.15, 0.2) is 5.16 Å². The first-order chi connectivity index (χ1) is 5.16. The first kappa shape index (κ1) is 8.58. The van der Waals surface area contributed by atoms with Crippen LogP contribution in [0.3, 0.4) is 0 Å². The smallest absolute Gasteiger partial charge is 0.183 e. The van der Waals surface area contributed by atoms with Crippen molar-refractivity contribution in [3.05, 3.63) is 15.1 Å². The molecule has 1 aromatic rings. The third-order valence-corrected chi connectivity index (χ3v) is 2.76. The quantitative estimate of drug-likeness (QED) is 0.321. The Balaban J connectivity index is 3.15. The van der Waals surface area contributed by atoms with Gasteiger partial charge in [-0.3, -0.25) is 0 Å². The summed E-state index contributed by atoms with van der Waals surface area (Å²) in [6.07, 6.45) is 0. The molecular weight excluding hydrogens is 209 g/mol. The second-order valence-corrected chi connectivity index (χ2v) is 3.11. The molecule has 1 rings (SSSR count). The van der Waals surface area contributed by atoms with Crippen molar-refractivity contribution in [1.29, 1.82) is 0 Å². The van der Waals surface area contributed by atoms with Gasteiger partial charge < -0.3 is 10.9 Å². The maximum absolute atomic E-state index is 8.26. The van der Waals surface area contributed by atoms with Crippen LogP contribution >= 0.6 is 34.7 Å². The number of hydrogen-bond acceptors (Lipinski definition) is 4. The molecule has 0 saturated heterocycles. The summed E-state index contributed by atoms with van der Waals surface area (Å²) in [5.41, 5.74) is 5.24. The largest absolute Gasteiger partial charge is 0.409 e. The van der Waals surface area contributed by atoms with Crippen LogP contribution in [0.1, 0.15) is 4.88 Å². The van der Waals surface area contributed by atoms with Gasteiger partial charge in [0.1, 0.15) is 9.90 Å². The van der Waals surface area contributed by atoms with E-state index in [2.05, 4.69) is 9.53 Å². The second kappa shape index (κ2) is 3.25. The van der Waals surface area contributed by atoms with Crippen molar-refractivity contribution in [3.8, 4) is 0 Å². The van der Waals surface area contributed by atoms with E-state index in [0.29, 0.717) is 4.88 Å². The van der Waals surface area contributed by atoms with Gasteiger partial charge in [0, 0.05) is 0 Å². The first-order valence-electron chi connectivity index (χ1n) is 2.45. The Kier molecular flexibility index (Phi) is 2.53. The summed E-state index contributed by atoms with van der Waals surface area (Å²) in [6, 6.07) is 0. The summed E-state index contributed by atoms with van der Waals surface area (Å²) in [7, 11) is 0. The Morgan fingerprint density at radius 1 is 1.64 bits per heavy atom. The highest BCUT2D eigenvalue weighted by Gasteiger charge is 2.12. The fourth-order valence-corrected chi connectivity index (χ4v) is 1.58. The number of amidine groups is 1. The van der Waals surface area contributed by atoms with Crippen LogP contribution in [0.25, 0.3) is 0 Å². The first-order valence-corrected chi connectivity index (χ1v) is 3.98. The van der Waals surface area contributed by atoms with E-state index in [1.807, 2.05) is 0 Å². The maximum atomic E-state index is 8.26. The lowest BCUT2D eigenvalue weighted by atomic mass is 10.5. The van der Waals surface area contributed by atoms with Crippen LogP contribution in [0.4, 0.5) is 0 Å². The number of halogens is 2. The molecule has 1 heterocycles. The van der Waals surface area contributed by atoms with Crippen LogP contribution in [-0.4, -0.2) is 15.4 Å². The molecule has 0 saturated carbocycles. The van der Waals surface area contributed by atoms with Gasteiger partial charge in [0.25, 0.3) is 0 Å². The van der Waals surface area contributed by atoms with E-state index in [9.17, 15) is 0 Å². The number of oxime groups is 1. The third kappa shape index (κ3) is 1.55. The fourth-order valence-electron chi connectivity index (χ4n) is 0.464. The molecule has 7 heteroatoms. The lowest BCUT2D eigenvalue weighted by Gasteiger charge is -1.90. The van der Waals surface area contributed by atoms with Crippen molar-refractivity contribution < 1.29 is 5.21 Å². The van der Waals surface area contributed by atoms with Gasteiger partial charge >= 0.3 is 0 Å². The Hall–Kier alpha value is -0.520. The minimum atomic E-state index is -0.0839. The molecule has 0 aliphatic heterocycles. The Morgan fingerprint density at radius 3 is 2.64 bits per heavy atom. The Labute approximate surface area is 76.4 Å². The predicted octanol–water partition coefficient (Wildman–Crippen LogP) is 1.54. The van der Waals surface area contributed by atoms with Crippen molar-refractivity contribution in [1.82, 2.24) is 4.37 Å². The molecule has 0 unspecified atom stereocenters. The molecule has 0 bridgehead atoms. The van der Waals surface area contributed by atoms with Crippen molar-refractivity contribution >= 4 is 40.6 Å². The van der Waals surface area contributed by atoms with Gasteiger partial charge in [0.15, 0.2) is 11.0 Å². The SMILES string of the molecule is N/C(=N\O)c1snc(Cl)c1Cl. The summed E-state index contributed by atoms with van der Waals surface area (Å²) in [5.74, 6) is -0.0839. The van der Waals surface area contributed by atoms with Gasteiger partial charge in [-0.25, -0.2) is 0 Å². The lowest BCUT2D eigenvalue weighted by Crippen LogP contribution is -2.11. The van der Waals surface area contributed by atoms with Crippen molar-refractivity contribution in [2.45, 2.75) is 0 Å². The van der Waals surface area contributed by atoms with Crippen LogP contribution in [0.5, 0.6) is 0 Å². The topological polar surface area (TPSA) is 71.5 Å². The summed E-state index contributed by atoms with van der Waals surface area (Å²) >= 11 is 12.1. The number of hydrogen-bond donors (Lipinski definition) is 2. The molecule has 3 N–H and O–H groups in total. The molecule has 11 heavy (non-hydrogen) atoms. The van der Waals surface area contributed by atoms with Gasteiger partial charge in [-0.05, 0) is 11.5 Å². The van der Waals surface area contributed by atoms with Crippen molar-refractivity contribution in [3.63, 3.8) is 0 Å². The molecule has 0 aromatic carbocycles. The van der Waals surface area contributed by atoms with Crippen molar-refractivity contribution in [2.24, 2.45) is 10.9 Å². The summed E-state index contributed by atoms with van der Waals surface area (Å²) in [6.45, 7) is 0. The van der Waals surface area contributed by atoms with Crippen LogP contribution in [0.2, 0.25) is 10.2 Å². The normalized spacial score (nSPS) is 12.0. The molecule has 0 radical (unpaired) electrons. The molecule has 0 aliphatic carbocycles. The average Bonchev–Trinajstić information content (AvgIpc) is 2.32. The highest BCUT2D eigenvalue weighted by Crippen LogP contribution is 2.27. The van der Waals surface area contributed by atoms with E-state index in [1.54, 1.807) is 0 Å². The van der Waals surface area contributed by atoms with E-state index >= 15 is 0 Å². The van der Waals surface area contributed by atoms with Gasteiger partial charge in [-0.15, -0.1) is 0 Å². The minimum Gasteiger partial charge on any atom is -0.409 e. The molecule has 0 spiro atoms. The fraction of sp³-hybridized carbons (Fsp3) is 0. The van der Waals surface area contributed by atoms with E-state index < -0.39 is 0 Å². The number of rotatable bonds is 1. The second-order valence-electron chi connectivity index (χ2n) is 1.60. The van der Waals surface area contributed by atoms with Gasteiger partial charge in [0.05, 0.1) is 0 Å². The van der Waals surface area contributed by atoms with E-state index in [-0.39, 0.29) is 16.0 Å². The van der Waals surface area contributed by atoms with Gasteiger partial charge in [0.2, 0.25) is 0 Å². The lowest BCUT2D eigenvalue weighted by molar-refractivity contribution is 0.319. The summed E-state index contributed by atoms with van der Waals surface area (Å²) < 4.78 is 3.69.